The van der Waals surface area contributed by atoms with Gasteiger partial charge in [0, 0.05) is 12.1 Å². The lowest BCUT2D eigenvalue weighted by atomic mass is 10.1. The van der Waals surface area contributed by atoms with Crippen LogP contribution < -0.4 is 11.1 Å². The monoisotopic (exact) mass is 200 g/mol. The van der Waals surface area contributed by atoms with Crippen molar-refractivity contribution in [2.24, 2.45) is 5.73 Å². The molecule has 0 aromatic rings. The van der Waals surface area contributed by atoms with Crippen molar-refractivity contribution in [3.8, 4) is 0 Å². The van der Waals surface area contributed by atoms with Crippen molar-refractivity contribution in [3.05, 3.63) is 12.7 Å². The van der Waals surface area contributed by atoms with Crippen molar-refractivity contribution in [2.45, 2.75) is 32.4 Å². The predicted molar refractivity (Wildman–Crippen MR) is 56.9 cm³/mol. The highest BCUT2D eigenvalue weighted by atomic mass is 16.5. The number of hydrogen-bond donors (Lipinski definition) is 2. The number of rotatable bonds is 6. The summed E-state index contributed by atoms with van der Waals surface area (Å²) >= 11 is 0. The number of ether oxygens (including phenoxy) is 1. The minimum absolute atomic E-state index is 0.144. The van der Waals surface area contributed by atoms with E-state index in [1.165, 1.54) is 0 Å². The molecule has 0 saturated carbocycles. The first kappa shape index (κ1) is 13.1. The van der Waals surface area contributed by atoms with Gasteiger partial charge >= 0.3 is 0 Å². The predicted octanol–water partition coefficient (Wildman–Crippen LogP) is 0.431. The van der Waals surface area contributed by atoms with Gasteiger partial charge in [0.05, 0.1) is 6.61 Å². The van der Waals surface area contributed by atoms with E-state index < -0.39 is 11.6 Å². The van der Waals surface area contributed by atoms with Crippen LogP contribution in [-0.4, -0.2) is 30.7 Å². The Morgan fingerprint density at radius 1 is 1.71 bits per heavy atom. The van der Waals surface area contributed by atoms with E-state index in [2.05, 4.69) is 11.9 Å². The molecular formula is C10H20N2O2. The molecule has 0 bridgehead atoms. The summed E-state index contributed by atoms with van der Waals surface area (Å²) < 4.78 is 5.29. The quantitative estimate of drug-likeness (QED) is 0.611. The number of carbonyl (C=O) groups is 1. The second-order valence-corrected chi connectivity index (χ2v) is 3.98. The summed E-state index contributed by atoms with van der Waals surface area (Å²) in [4.78, 5) is 11.3. The molecule has 1 amide bonds. The summed E-state index contributed by atoms with van der Waals surface area (Å²) in [7, 11) is 0. The molecule has 4 heteroatoms. The molecule has 0 heterocycles. The lowest BCUT2D eigenvalue weighted by Crippen LogP contribution is -2.42. The minimum atomic E-state index is -0.474. The first-order chi connectivity index (χ1) is 6.37. The molecule has 0 aliphatic rings. The van der Waals surface area contributed by atoms with Crippen LogP contribution in [0.5, 0.6) is 0 Å². The zero-order chi connectivity index (χ0) is 11.2. The number of nitrogens with two attached hydrogens (primary N) is 1. The van der Waals surface area contributed by atoms with E-state index in [4.69, 9.17) is 10.5 Å². The third kappa shape index (κ3) is 6.62. The van der Waals surface area contributed by atoms with Crippen molar-refractivity contribution in [1.82, 2.24) is 5.32 Å². The van der Waals surface area contributed by atoms with Gasteiger partial charge in [0.25, 0.3) is 0 Å². The summed E-state index contributed by atoms with van der Waals surface area (Å²) in [5, 5.41) is 2.65. The summed E-state index contributed by atoms with van der Waals surface area (Å²) in [6, 6.07) is 0. The van der Waals surface area contributed by atoms with E-state index in [9.17, 15) is 4.79 Å². The van der Waals surface area contributed by atoms with E-state index in [-0.39, 0.29) is 5.91 Å². The number of hydrogen-bond acceptors (Lipinski definition) is 3. The fourth-order valence-corrected chi connectivity index (χ4v) is 0.732. The lowest BCUT2D eigenvalue weighted by molar-refractivity contribution is -0.132. The molecule has 0 spiro atoms. The Bertz CT molecular complexity index is 197. The molecule has 0 aromatic carbocycles. The first-order valence-electron chi connectivity index (χ1n) is 4.66. The van der Waals surface area contributed by atoms with Crippen LogP contribution in [0.15, 0.2) is 12.7 Å². The number of carbonyl (C=O) groups excluding carboxylic acids is 1. The van der Waals surface area contributed by atoms with Gasteiger partial charge in [-0.1, -0.05) is 6.08 Å². The van der Waals surface area contributed by atoms with Gasteiger partial charge in [-0.2, -0.15) is 0 Å². The standard InChI is InChI=1S/C10H20N2O2/c1-5-6-12-9(13)8(2)14-7-10(3,4)11/h5,8H,1,6-7,11H2,2-4H3,(H,12,13). The summed E-state index contributed by atoms with van der Waals surface area (Å²) in [5.74, 6) is -0.144. The first-order valence-corrected chi connectivity index (χ1v) is 4.66. The second-order valence-electron chi connectivity index (χ2n) is 3.98. The highest BCUT2D eigenvalue weighted by Crippen LogP contribution is 2.00. The summed E-state index contributed by atoms with van der Waals surface area (Å²) in [5.41, 5.74) is 5.30. The van der Waals surface area contributed by atoms with E-state index in [1.807, 2.05) is 13.8 Å². The van der Waals surface area contributed by atoms with Crippen LogP contribution in [0.25, 0.3) is 0 Å². The molecule has 0 fully saturated rings. The fraction of sp³-hybridized carbons (Fsp3) is 0.700. The van der Waals surface area contributed by atoms with Crippen LogP contribution in [0, 0.1) is 0 Å². The van der Waals surface area contributed by atoms with Crippen molar-refractivity contribution in [1.29, 1.82) is 0 Å². The van der Waals surface area contributed by atoms with Crippen LogP contribution in [0.3, 0.4) is 0 Å². The smallest absolute Gasteiger partial charge is 0.249 e. The molecule has 1 atom stereocenters. The Morgan fingerprint density at radius 3 is 2.71 bits per heavy atom. The maximum atomic E-state index is 11.3. The fourth-order valence-electron chi connectivity index (χ4n) is 0.732. The topological polar surface area (TPSA) is 64.3 Å². The highest BCUT2D eigenvalue weighted by molar-refractivity contribution is 5.80. The van der Waals surface area contributed by atoms with Gasteiger partial charge in [0.1, 0.15) is 6.10 Å². The Hall–Kier alpha value is -0.870. The number of nitrogens with one attached hydrogen (secondary N) is 1. The molecule has 3 N–H and O–H groups in total. The Balaban J connectivity index is 3.78. The average molecular weight is 200 g/mol. The van der Waals surface area contributed by atoms with E-state index in [0.29, 0.717) is 13.2 Å². The molecule has 14 heavy (non-hydrogen) atoms. The molecule has 0 aliphatic heterocycles. The zero-order valence-corrected chi connectivity index (χ0v) is 9.17. The van der Waals surface area contributed by atoms with Crippen molar-refractivity contribution < 1.29 is 9.53 Å². The van der Waals surface area contributed by atoms with E-state index >= 15 is 0 Å². The minimum Gasteiger partial charge on any atom is -0.367 e. The van der Waals surface area contributed by atoms with Crippen LogP contribution in [0.2, 0.25) is 0 Å². The largest absolute Gasteiger partial charge is 0.367 e. The zero-order valence-electron chi connectivity index (χ0n) is 9.17. The highest BCUT2D eigenvalue weighted by Gasteiger charge is 2.17. The van der Waals surface area contributed by atoms with Gasteiger partial charge in [0.2, 0.25) is 5.91 Å². The van der Waals surface area contributed by atoms with Crippen LogP contribution in [0.4, 0.5) is 0 Å². The lowest BCUT2D eigenvalue weighted by Gasteiger charge is -2.21. The molecule has 4 nitrogen and oxygen atoms in total. The van der Waals surface area contributed by atoms with Crippen LogP contribution >= 0.6 is 0 Å². The normalized spacial score (nSPS) is 13.4. The van der Waals surface area contributed by atoms with Crippen LogP contribution in [-0.2, 0) is 9.53 Å². The summed E-state index contributed by atoms with van der Waals surface area (Å²) in [6.07, 6.45) is 1.15. The molecule has 0 aliphatic carbocycles. The van der Waals surface area contributed by atoms with Gasteiger partial charge < -0.3 is 15.8 Å². The Kier molecular flexibility index (Phi) is 5.42. The Morgan fingerprint density at radius 2 is 2.29 bits per heavy atom. The molecule has 82 valence electrons. The van der Waals surface area contributed by atoms with Gasteiger partial charge in [-0.15, -0.1) is 6.58 Å². The molecular weight excluding hydrogens is 180 g/mol. The van der Waals surface area contributed by atoms with Gasteiger partial charge in [-0.3, -0.25) is 4.79 Å². The molecule has 0 rings (SSSR count). The molecule has 0 saturated heterocycles. The van der Waals surface area contributed by atoms with E-state index in [1.54, 1.807) is 13.0 Å². The molecule has 0 aromatic heterocycles. The van der Waals surface area contributed by atoms with Crippen molar-refractivity contribution in [2.75, 3.05) is 13.2 Å². The van der Waals surface area contributed by atoms with Crippen LogP contribution in [0.1, 0.15) is 20.8 Å². The number of amides is 1. The molecule has 0 radical (unpaired) electrons. The molecule has 1 unspecified atom stereocenters. The Labute approximate surface area is 85.5 Å². The average Bonchev–Trinajstić information content (AvgIpc) is 2.09. The SMILES string of the molecule is C=CCNC(=O)C(C)OCC(C)(C)N. The van der Waals surface area contributed by atoms with Gasteiger partial charge in [-0.25, -0.2) is 0 Å². The van der Waals surface area contributed by atoms with Gasteiger partial charge in [0.15, 0.2) is 0 Å². The third-order valence-electron chi connectivity index (χ3n) is 1.50. The third-order valence-corrected chi connectivity index (χ3v) is 1.50. The van der Waals surface area contributed by atoms with E-state index in [0.717, 1.165) is 0 Å². The summed E-state index contributed by atoms with van der Waals surface area (Å²) in [6.45, 7) is 9.71. The maximum Gasteiger partial charge on any atom is 0.249 e. The van der Waals surface area contributed by atoms with Gasteiger partial charge in [-0.05, 0) is 20.8 Å². The van der Waals surface area contributed by atoms with Crippen molar-refractivity contribution in [3.63, 3.8) is 0 Å². The van der Waals surface area contributed by atoms with Crippen molar-refractivity contribution >= 4 is 5.91 Å². The maximum absolute atomic E-state index is 11.3. The second kappa shape index (κ2) is 5.78.